The second-order valence-electron chi connectivity index (χ2n) is 9.66. The molecule has 0 saturated heterocycles. The van der Waals surface area contributed by atoms with Gasteiger partial charge >= 0.3 is 5.97 Å². The van der Waals surface area contributed by atoms with E-state index in [0.29, 0.717) is 0 Å². The van der Waals surface area contributed by atoms with E-state index in [4.69, 9.17) is 14.2 Å². The molecule has 0 bridgehead atoms. The Morgan fingerprint density at radius 1 is 1.27 bits per heavy atom. The largest absolute Gasteiger partial charge is 0.462 e. The first-order valence-electron chi connectivity index (χ1n) is 11.2. The quantitative estimate of drug-likeness (QED) is 0.217. The summed E-state index contributed by atoms with van der Waals surface area (Å²) in [5, 5.41) is 0. The Morgan fingerprint density at radius 2 is 2.03 bits per heavy atom. The zero-order chi connectivity index (χ0) is 21.9. The minimum atomic E-state index is -0.556. The summed E-state index contributed by atoms with van der Waals surface area (Å²) in [5.74, 6) is 2.60. The van der Waals surface area contributed by atoms with Crippen LogP contribution < -0.4 is 9.47 Å². The van der Waals surface area contributed by atoms with Crippen LogP contribution in [0.4, 0.5) is 0 Å². The molecule has 4 heteroatoms. The Kier molecular flexibility index (Phi) is 6.95. The second-order valence-corrected chi connectivity index (χ2v) is 9.66. The van der Waals surface area contributed by atoms with Gasteiger partial charge in [0.15, 0.2) is 0 Å². The van der Waals surface area contributed by atoms with E-state index in [2.05, 4.69) is 38.6 Å². The van der Waals surface area contributed by atoms with Gasteiger partial charge in [0.2, 0.25) is 6.79 Å². The predicted octanol–water partition coefficient (Wildman–Crippen LogP) is 6.69. The molecule has 1 heterocycles. The summed E-state index contributed by atoms with van der Waals surface area (Å²) in [5.41, 5.74) is 3.06. The molecule has 0 saturated carbocycles. The topological polar surface area (TPSA) is 44.8 Å². The zero-order valence-corrected chi connectivity index (χ0v) is 19.2. The maximum Gasteiger partial charge on any atom is 0.314 e. The normalized spacial score (nSPS) is 20.6. The van der Waals surface area contributed by atoms with Gasteiger partial charge in [-0.05, 0) is 71.1 Å². The highest BCUT2D eigenvalue weighted by atomic mass is 16.7. The number of benzene rings is 1. The van der Waals surface area contributed by atoms with Gasteiger partial charge in [-0.15, -0.1) is 0 Å². The Hall–Kier alpha value is -2.23. The highest BCUT2D eigenvalue weighted by molar-refractivity contribution is 5.75. The molecule has 0 radical (unpaired) electrons. The number of esters is 1. The van der Waals surface area contributed by atoms with Gasteiger partial charge in [0.1, 0.15) is 17.3 Å². The smallest absolute Gasteiger partial charge is 0.314 e. The third-order valence-electron chi connectivity index (χ3n) is 5.98. The van der Waals surface area contributed by atoms with E-state index >= 15 is 0 Å². The van der Waals surface area contributed by atoms with Crippen LogP contribution in [0.3, 0.4) is 0 Å². The maximum atomic E-state index is 12.2. The number of fused-ring (bicyclic) bond motifs is 3. The van der Waals surface area contributed by atoms with Crippen LogP contribution in [-0.4, -0.2) is 12.8 Å². The van der Waals surface area contributed by atoms with Gasteiger partial charge in [-0.25, -0.2) is 0 Å². The summed E-state index contributed by atoms with van der Waals surface area (Å²) < 4.78 is 17.6. The van der Waals surface area contributed by atoms with Crippen molar-refractivity contribution in [1.82, 2.24) is 0 Å². The number of rotatable bonds is 7. The molecule has 0 spiro atoms. The SMILES string of the molecule is C=C1Oc2cc(CCCCC)cc(OCOC(=O)C(C)(C)C)c2[C@@H]2C=C(C)CC[C@@H]12. The van der Waals surface area contributed by atoms with Crippen molar-refractivity contribution in [3.05, 3.63) is 47.2 Å². The van der Waals surface area contributed by atoms with Crippen LogP contribution in [0, 0.1) is 11.3 Å². The van der Waals surface area contributed by atoms with E-state index in [1.54, 1.807) is 0 Å². The number of carbonyl (C=O) groups is 1. The van der Waals surface area contributed by atoms with Gasteiger partial charge < -0.3 is 14.2 Å². The average Bonchev–Trinajstić information content (AvgIpc) is 2.67. The van der Waals surface area contributed by atoms with Crippen molar-refractivity contribution in [2.75, 3.05) is 6.79 Å². The molecule has 164 valence electrons. The minimum Gasteiger partial charge on any atom is -0.462 e. The van der Waals surface area contributed by atoms with Gasteiger partial charge in [-0.1, -0.05) is 38.0 Å². The molecule has 0 N–H and O–H groups in total. The summed E-state index contributed by atoms with van der Waals surface area (Å²) in [6.07, 6.45) is 8.88. The van der Waals surface area contributed by atoms with Gasteiger partial charge in [-0.2, -0.15) is 0 Å². The summed E-state index contributed by atoms with van der Waals surface area (Å²) in [6.45, 7) is 14.0. The fourth-order valence-electron chi connectivity index (χ4n) is 4.21. The maximum absolute atomic E-state index is 12.2. The molecule has 2 atom stereocenters. The van der Waals surface area contributed by atoms with Crippen LogP contribution in [0.25, 0.3) is 0 Å². The van der Waals surface area contributed by atoms with Gasteiger partial charge in [-0.3, -0.25) is 4.79 Å². The lowest BCUT2D eigenvalue weighted by Crippen LogP contribution is -2.27. The van der Waals surface area contributed by atoms with Crippen LogP contribution in [0.15, 0.2) is 36.1 Å². The molecular formula is C26H36O4. The molecule has 30 heavy (non-hydrogen) atoms. The van der Waals surface area contributed by atoms with E-state index in [-0.39, 0.29) is 24.6 Å². The Labute approximate surface area is 181 Å². The van der Waals surface area contributed by atoms with Crippen LogP contribution in [0.5, 0.6) is 11.5 Å². The van der Waals surface area contributed by atoms with Crippen molar-refractivity contribution in [1.29, 1.82) is 0 Å². The van der Waals surface area contributed by atoms with Crippen LogP contribution >= 0.6 is 0 Å². The molecule has 4 nitrogen and oxygen atoms in total. The van der Waals surface area contributed by atoms with Crippen LogP contribution in [0.2, 0.25) is 0 Å². The molecule has 1 aliphatic carbocycles. The molecule has 3 rings (SSSR count). The van der Waals surface area contributed by atoms with Crippen molar-refractivity contribution in [3.8, 4) is 11.5 Å². The van der Waals surface area contributed by atoms with E-state index in [9.17, 15) is 4.79 Å². The monoisotopic (exact) mass is 412 g/mol. The van der Waals surface area contributed by atoms with Gasteiger partial charge in [0.25, 0.3) is 0 Å². The molecule has 0 amide bonds. The molecule has 1 aliphatic heterocycles. The zero-order valence-electron chi connectivity index (χ0n) is 19.2. The van der Waals surface area contributed by atoms with Crippen LogP contribution in [-0.2, 0) is 16.0 Å². The molecule has 0 fully saturated rings. The van der Waals surface area contributed by atoms with E-state index in [0.717, 1.165) is 48.5 Å². The summed E-state index contributed by atoms with van der Waals surface area (Å²) >= 11 is 0. The van der Waals surface area contributed by atoms with Crippen molar-refractivity contribution in [2.45, 2.75) is 79.1 Å². The number of unbranched alkanes of at least 4 members (excludes halogenated alkanes) is 2. The highest BCUT2D eigenvalue weighted by Crippen LogP contribution is 2.51. The second kappa shape index (κ2) is 9.28. The van der Waals surface area contributed by atoms with Crippen molar-refractivity contribution in [3.63, 3.8) is 0 Å². The first-order valence-corrected chi connectivity index (χ1v) is 11.2. The average molecular weight is 413 g/mol. The number of allylic oxidation sites excluding steroid dienone is 3. The first-order chi connectivity index (χ1) is 14.2. The minimum absolute atomic E-state index is 0.0953. The lowest BCUT2D eigenvalue weighted by Gasteiger charge is -2.37. The fourth-order valence-corrected chi connectivity index (χ4v) is 4.21. The Morgan fingerprint density at radius 3 is 2.73 bits per heavy atom. The highest BCUT2D eigenvalue weighted by Gasteiger charge is 2.37. The number of aryl methyl sites for hydroxylation is 1. The van der Waals surface area contributed by atoms with E-state index in [1.165, 1.54) is 24.0 Å². The molecule has 0 aromatic heterocycles. The molecular weight excluding hydrogens is 376 g/mol. The third-order valence-corrected chi connectivity index (χ3v) is 5.98. The Balaban J connectivity index is 1.91. The molecule has 1 aromatic carbocycles. The molecule has 2 aliphatic rings. The first kappa shape index (κ1) is 22.5. The van der Waals surface area contributed by atoms with Crippen molar-refractivity contribution < 1.29 is 19.0 Å². The van der Waals surface area contributed by atoms with Gasteiger partial charge in [0.05, 0.1) is 5.41 Å². The lowest BCUT2D eigenvalue weighted by molar-refractivity contribution is -0.159. The number of ether oxygens (including phenoxy) is 3. The van der Waals surface area contributed by atoms with Crippen molar-refractivity contribution >= 4 is 5.97 Å². The lowest BCUT2D eigenvalue weighted by atomic mass is 9.74. The Bertz CT molecular complexity index is 828. The fraction of sp³-hybridized carbons (Fsp3) is 0.577. The summed E-state index contributed by atoms with van der Waals surface area (Å²) in [6, 6.07) is 4.24. The molecule has 1 aromatic rings. The number of carbonyl (C=O) groups excluding carboxylic acids is 1. The summed E-state index contributed by atoms with van der Waals surface area (Å²) in [4.78, 5) is 12.2. The van der Waals surface area contributed by atoms with Gasteiger partial charge in [0, 0.05) is 17.4 Å². The number of hydrogen-bond acceptors (Lipinski definition) is 4. The van der Waals surface area contributed by atoms with Crippen molar-refractivity contribution in [2.24, 2.45) is 11.3 Å². The van der Waals surface area contributed by atoms with Crippen LogP contribution in [0.1, 0.15) is 83.8 Å². The standard InChI is InChI=1S/C26H36O4/c1-7-8-9-10-19-14-22(28-16-29-25(27)26(4,5)6)24-21-13-17(2)11-12-20(21)18(3)30-23(24)15-19/h13-15,20-21H,3,7-12,16H2,1-2,4-6H3/t20-,21+/m0/s1. The summed E-state index contributed by atoms with van der Waals surface area (Å²) in [7, 11) is 0. The van der Waals surface area contributed by atoms with E-state index < -0.39 is 5.41 Å². The molecule has 0 unspecified atom stereocenters. The third kappa shape index (κ3) is 5.08. The van der Waals surface area contributed by atoms with E-state index in [1.807, 2.05) is 20.8 Å². The predicted molar refractivity (Wildman–Crippen MR) is 120 cm³/mol. The number of hydrogen-bond donors (Lipinski definition) is 0.